The molecule has 44 heavy (non-hydrogen) atoms. The number of halogens is 1. The van der Waals surface area contributed by atoms with Gasteiger partial charge in [0.05, 0.1) is 0 Å². The van der Waals surface area contributed by atoms with E-state index in [4.69, 9.17) is 38.7 Å². The van der Waals surface area contributed by atoms with Crippen molar-refractivity contribution in [2.45, 2.75) is 18.9 Å². The van der Waals surface area contributed by atoms with Crippen LogP contribution in [0.2, 0.25) is 0 Å². The average molecular weight is 662 g/mol. The number of nitrogens with two attached hydrogens (primary N) is 2. The number of imidazole rings is 1. The molecule has 238 valence electrons. The summed E-state index contributed by atoms with van der Waals surface area (Å²) in [4.78, 5) is 66.7. The number of hydrogen-bond acceptors (Lipinski definition) is 19. The third-order valence-electron chi connectivity index (χ3n) is 6.68. The maximum absolute atomic E-state index is 15.6. The Bertz CT molecular complexity index is 1820. The number of H-pyrrole nitrogens is 1. The number of anilines is 2. The van der Waals surface area contributed by atoms with Crippen LogP contribution in [0.5, 0.6) is 5.75 Å². The summed E-state index contributed by atoms with van der Waals surface area (Å²) in [5, 5.41) is 9.22. The van der Waals surface area contributed by atoms with E-state index in [0.717, 1.165) is 10.9 Å². The van der Waals surface area contributed by atoms with Crippen LogP contribution in [0.15, 0.2) is 50.9 Å². The molecule has 24 heteroatoms. The van der Waals surface area contributed by atoms with Crippen molar-refractivity contribution in [2.24, 2.45) is 5.73 Å². The fraction of sp³-hybridized carbons (Fsp3) is 0.250. The number of alkyl halides is 1. The molecule has 0 amide bonds. The predicted molar refractivity (Wildman–Crippen MR) is 148 cm³/mol. The van der Waals surface area contributed by atoms with Crippen LogP contribution in [-0.4, -0.2) is 64.8 Å². The Hall–Kier alpha value is -4.40. The fourth-order valence-corrected chi connectivity index (χ4v) is 6.38. The molecule has 2 bridgehead atoms. The van der Waals surface area contributed by atoms with Gasteiger partial charge in [0.1, 0.15) is 0 Å². The Morgan fingerprint density at radius 2 is 1.95 bits per heavy atom. The number of hydrogen-bond donors (Lipinski definition) is 10. The SMILES string of the molecule is NC1=C2NCN(c3cc4c(o3)CO[PH](O)(O)OC3=C(n5cnc6c(=O)[nH]c(N)nc65)O/C(=C/O[PH](O)(O)O4)[C@H]3F)C2NCN1. The van der Waals surface area contributed by atoms with Gasteiger partial charge in [-0.05, 0) is 0 Å². The second-order valence-electron chi connectivity index (χ2n) is 9.56. The number of ether oxygens (including phenoxy) is 1. The first-order valence-electron chi connectivity index (χ1n) is 12.6. The van der Waals surface area contributed by atoms with Crippen LogP contribution < -0.4 is 42.4 Å². The summed E-state index contributed by atoms with van der Waals surface area (Å²) in [5.74, 6) is -2.43. The van der Waals surface area contributed by atoms with E-state index >= 15 is 4.39 Å². The zero-order chi connectivity index (χ0) is 31.0. The van der Waals surface area contributed by atoms with Crippen LogP contribution in [0.25, 0.3) is 17.0 Å². The van der Waals surface area contributed by atoms with E-state index in [0.29, 0.717) is 24.4 Å². The zero-order valence-corrected chi connectivity index (χ0v) is 24.0. The van der Waals surface area contributed by atoms with Crippen molar-refractivity contribution >= 4 is 45.2 Å². The molecule has 0 radical (unpaired) electrons. The van der Waals surface area contributed by atoms with E-state index in [-0.39, 0.29) is 41.2 Å². The van der Waals surface area contributed by atoms with E-state index in [1.54, 1.807) is 4.90 Å². The van der Waals surface area contributed by atoms with Gasteiger partial charge in [-0.3, -0.25) is 0 Å². The molecule has 21 nitrogen and oxygen atoms in total. The van der Waals surface area contributed by atoms with E-state index in [9.17, 15) is 24.4 Å². The Morgan fingerprint density at radius 3 is 2.77 bits per heavy atom. The normalized spacial score (nSPS) is 26.9. The zero-order valence-electron chi connectivity index (χ0n) is 22.0. The monoisotopic (exact) mass is 662 g/mol. The summed E-state index contributed by atoms with van der Waals surface area (Å²) in [6, 6.07) is 1.29. The molecule has 4 aliphatic heterocycles. The summed E-state index contributed by atoms with van der Waals surface area (Å²) in [5.41, 5.74) is 11.1. The molecule has 4 aliphatic rings. The number of nitrogen functional groups attached to an aromatic ring is 1. The van der Waals surface area contributed by atoms with Crippen molar-refractivity contribution in [1.29, 1.82) is 0 Å². The number of aromatic nitrogens is 4. The number of furan rings is 1. The van der Waals surface area contributed by atoms with Crippen LogP contribution >= 0.6 is 16.3 Å². The van der Waals surface area contributed by atoms with Gasteiger partial charge in [-0.2, -0.15) is 0 Å². The van der Waals surface area contributed by atoms with Gasteiger partial charge >= 0.3 is 244 Å². The van der Waals surface area contributed by atoms with Gasteiger partial charge in [-0.1, -0.05) is 0 Å². The maximum atomic E-state index is 15.6. The van der Waals surface area contributed by atoms with Gasteiger partial charge in [-0.25, -0.2) is 0 Å². The molecule has 2 atom stereocenters. The molecule has 1 fully saturated rings. The van der Waals surface area contributed by atoms with Gasteiger partial charge in [-0.15, -0.1) is 0 Å². The van der Waals surface area contributed by atoms with Gasteiger partial charge in [0, 0.05) is 0 Å². The van der Waals surface area contributed by atoms with Crippen molar-refractivity contribution in [3.05, 3.63) is 57.8 Å². The molecule has 3 aromatic heterocycles. The van der Waals surface area contributed by atoms with Crippen molar-refractivity contribution in [2.75, 3.05) is 24.0 Å². The van der Waals surface area contributed by atoms with E-state index in [2.05, 4.69) is 30.9 Å². The van der Waals surface area contributed by atoms with Crippen molar-refractivity contribution in [3.63, 3.8) is 0 Å². The molecular weight excluding hydrogens is 637 g/mol. The Balaban J connectivity index is 1.25. The van der Waals surface area contributed by atoms with Crippen LogP contribution in [0.3, 0.4) is 0 Å². The number of nitrogens with zero attached hydrogens (tertiary/aromatic N) is 4. The molecule has 12 N–H and O–H groups in total. The van der Waals surface area contributed by atoms with Crippen molar-refractivity contribution in [1.82, 2.24) is 35.5 Å². The third kappa shape index (κ3) is 4.88. The first-order valence-corrected chi connectivity index (χ1v) is 16.0. The van der Waals surface area contributed by atoms with E-state index in [1.807, 2.05) is 0 Å². The molecule has 7 rings (SSSR count). The Kier molecular flexibility index (Phi) is 6.50. The van der Waals surface area contributed by atoms with Crippen LogP contribution in [0.1, 0.15) is 5.76 Å². The van der Waals surface area contributed by atoms with E-state index in [1.165, 1.54) is 6.07 Å². The molecule has 0 aromatic carbocycles. The van der Waals surface area contributed by atoms with Gasteiger partial charge in [0.25, 0.3) is 0 Å². The fourth-order valence-electron chi connectivity index (χ4n) is 4.75. The van der Waals surface area contributed by atoms with Crippen LogP contribution in [0, 0.1) is 0 Å². The molecule has 0 aliphatic carbocycles. The molecule has 7 heterocycles. The number of aromatic amines is 1. The Labute approximate surface area is 244 Å². The summed E-state index contributed by atoms with van der Waals surface area (Å²) in [7, 11) is -10.4. The van der Waals surface area contributed by atoms with E-state index < -0.39 is 58.2 Å². The summed E-state index contributed by atoms with van der Waals surface area (Å²) >= 11 is 0. The first-order chi connectivity index (χ1) is 20.9. The van der Waals surface area contributed by atoms with Crippen molar-refractivity contribution < 1.29 is 51.2 Å². The number of rotatable bonds is 2. The minimum absolute atomic E-state index is 0.138. The first kappa shape index (κ1) is 28.4. The van der Waals surface area contributed by atoms with Crippen LogP contribution in [-0.2, 0) is 24.9 Å². The summed E-state index contributed by atoms with van der Waals surface area (Å²) in [6.07, 6.45) is -1.33. The average Bonchev–Trinajstić information content (AvgIpc) is 3.72. The topological polar surface area (TPSA) is 295 Å². The summed E-state index contributed by atoms with van der Waals surface area (Å²) in [6.45, 7) is -0.197. The molecule has 3 aromatic rings. The minimum atomic E-state index is -5.28. The standard InChI is InChI=1S/C20H25FN10O11P2/c21-11-9-3-38-43(33,34)41-7-1-10(30-5-26-12-15(22)24-4-25-16(12)30)39-8(7)2-37-44(35,36)42-14(11)19(40-9)31-6-27-13-17(31)28-20(23)29-18(13)32/h1,3,6,11,16,24-26,33-36,43-44H,2,4-5,22H2,(H3,23,28,29,32)/b9-3+/t11-,16?/m1/s1. The van der Waals surface area contributed by atoms with Crippen LogP contribution in [0.4, 0.5) is 16.2 Å². The number of nitrogens with one attached hydrogen (secondary N) is 4. The molecule has 0 spiro atoms. The molecule has 0 saturated carbocycles. The third-order valence-corrected chi connectivity index (χ3v) is 8.60. The second kappa shape index (κ2) is 10.1. The molecular formula is C20H25FN10O11P2. The molecule has 1 saturated heterocycles. The Morgan fingerprint density at radius 1 is 1.14 bits per heavy atom. The summed E-state index contributed by atoms with van der Waals surface area (Å²) < 4.78 is 48.6. The quantitative estimate of drug-likeness (QED) is 0.133. The van der Waals surface area contributed by atoms with Crippen molar-refractivity contribution in [3.8, 4) is 5.75 Å². The molecule has 1 unspecified atom stereocenters. The number of fused-ring (bicyclic) bond motifs is 5. The second-order valence-corrected chi connectivity index (χ2v) is 12.7. The van der Waals surface area contributed by atoms with Gasteiger partial charge in [0.2, 0.25) is 0 Å². The van der Waals surface area contributed by atoms with Gasteiger partial charge < -0.3 is 0 Å². The predicted octanol–water partition coefficient (Wildman–Crippen LogP) is -1.97. The van der Waals surface area contributed by atoms with Gasteiger partial charge in [0.15, 0.2) is 0 Å².